The molecule has 10 heteroatoms. The molecule has 8 nitrogen and oxygen atoms in total. The van der Waals surface area contributed by atoms with Crippen molar-refractivity contribution in [3.8, 4) is 5.75 Å². The van der Waals surface area contributed by atoms with E-state index in [9.17, 15) is 14.7 Å². The minimum atomic E-state index is -1.17. The molecule has 204 valence electrons. The lowest BCUT2D eigenvalue weighted by molar-refractivity contribution is -0.139. The fourth-order valence-corrected chi connectivity index (χ4v) is 4.46. The van der Waals surface area contributed by atoms with E-state index in [0.717, 1.165) is 22.6 Å². The molecule has 1 heterocycles. The number of hydrogen-bond acceptors (Lipinski definition) is 6. The molecule has 3 aromatic carbocycles. The Morgan fingerprint density at radius 3 is 2.23 bits per heavy atom. The summed E-state index contributed by atoms with van der Waals surface area (Å²) in [6.07, 6.45) is 6.93. The Morgan fingerprint density at radius 2 is 1.62 bits per heavy atom. The Labute approximate surface area is 241 Å². The van der Waals surface area contributed by atoms with E-state index in [0.29, 0.717) is 12.5 Å². The van der Waals surface area contributed by atoms with E-state index >= 15 is 0 Å². The van der Waals surface area contributed by atoms with Gasteiger partial charge in [-0.25, -0.2) is 14.8 Å². The Balaban J connectivity index is 1.46. The van der Waals surface area contributed by atoms with Gasteiger partial charge in [-0.15, -0.1) is 0 Å². The molecule has 1 unspecified atom stereocenters. The summed E-state index contributed by atoms with van der Waals surface area (Å²) in [6.45, 7) is 0.540. The van der Waals surface area contributed by atoms with Gasteiger partial charge in [0.2, 0.25) is 5.95 Å². The van der Waals surface area contributed by atoms with Gasteiger partial charge in [-0.1, -0.05) is 65.7 Å². The van der Waals surface area contributed by atoms with Crippen LogP contribution in [0.1, 0.15) is 27.9 Å². The number of carboxylic acids is 1. The highest BCUT2D eigenvalue weighted by atomic mass is 35.5. The van der Waals surface area contributed by atoms with E-state index in [1.807, 2.05) is 53.4 Å². The van der Waals surface area contributed by atoms with Crippen molar-refractivity contribution in [1.82, 2.24) is 15.3 Å². The van der Waals surface area contributed by atoms with E-state index < -0.39 is 17.9 Å². The lowest BCUT2D eigenvalue weighted by Crippen LogP contribution is -2.40. The Kier molecular flexibility index (Phi) is 9.72. The summed E-state index contributed by atoms with van der Waals surface area (Å²) in [7, 11) is 1.63. The van der Waals surface area contributed by atoms with E-state index in [2.05, 4.69) is 15.3 Å². The maximum absolute atomic E-state index is 12.6. The number of halogens is 2. The van der Waals surface area contributed by atoms with Gasteiger partial charge in [-0.05, 0) is 60.0 Å². The van der Waals surface area contributed by atoms with Crippen LogP contribution in [0.25, 0.3) is 6.08 Å². The van der Waals surface area contributed by atoms with Crippen LogP contribution in [0.2, 0.25) is 10.0 Å². The minimum Gasteiger partial charge on any atom is -0.497 e. The number of amides is 1. The molecule has 0 saturated heterocycles. The normalized spacial score (nSPS) is 11.7. The smallest absolute Gasteiger partial charge is 0.326 e. The average molecular weight is 577 g/mol. The van der Waals surface area contributed by atoms with Crippen LogP contribution in [0.3, 0.4) is 0 Å². The third-order valence-electron chi connectivity index (χ3n) is 5.97. The molecule has 0 aliphatic carbocycles. The highest BCUT2D eigenvalue weighted by Crippen LogP contribution is 2.26. The zero-order chi connectivity index (χ0) is 28.5. The second-order valence-corrected chi connectivity index (χ2v) is 9.49. The van der Waals surface area contributed by atoms with Crippen LogP contribution in [0, 0.1) is 0 Å². The summed E-state index contributed by atoms with van der Waals surface area (Å²) in [5.41, 5.74) is 2.83. The topological polar surface area (TPSA) is 105 Å². The van der Waals surface area contributed by atoms with Crippen molar-refractivity contribution in [2.24, 2.45) is 0 Å². The molecule has 1 aromatic heterocycles. The predicted octanol–water partition coefficient (Wildman–Crippen LogP) is 6.42. The molecule has 0 spiro atoms. The van der Waals surface area contributed by atoms with Crippen molar-refractivity contribution in [1.29, 1.82) is 0 Å². The lowest BCUT2D eigenvalue weighted by atomic mass is 10.1. The molecular formula is C30H26Cl2N4O4. The van der Waals surface area contributed by atoms with Crippen molar-refractivity contribution in [3.63, 3.8) is 0 Å². The van der Waals surface area contributed by atoms with Gasteiger partial charge < -0.3 is 20.1 Å². The number of rotatable bonds is 11. The van der Waals surface area contributed by atoms with Gasteiger partial charge in [-0.2, -0.15) is 0 Å². The molecule has 40 heavy (non-hydrogen) atoms. The molecule has 4 rings (SSSR count). The summed E-state index contributed by atoms with van der Waals surface area (Å²) in [5.74, 6) is -0.491. The summed E-state index contributed by atoms with van der Waals surface area (Å²) < 4.78 is 5.26. The highest BCUT2D eigenvalue weighted by molar-refractivity contribution is 6.39. The molecular weight excluding hydrogens is 551 g/mol. The molecule has 0 radical (unpaired) electrons. The van der Waals surface area contributed by atoms with E-state index in [4.69, 9.17) is 27.9 Å². The molecule has 0 aliphatic rings. The number of hydrogen-bond donors (Lipinski definition) is 2. The standard InChI is InChI=1S/C30H26Cl2N4O4/c1-40-23-15-11-21(12-16-23)19-36(30-33-17-4-18-34-30)22-13-9-20(10-14-22)5-2-8-26(29(38)39)35-28(37)27-24(31)6-3-7-25(27)32/h2-7,9-18,26H,8,19H2,1H3,(H,35,37)(H,38,39)/b5-2+. The molecule has 0 fully saturated rings. The maximum atomic E-state index is 12.6. The first-order valence-corrected chi connectivity index (χ1v) is 13.0. The Bertz CT molecular complexity index is 1460. The van der Waals surface area contributed by atoms with Crippen LogP contribution in [-0.2, 0) is 11.3 Å². The number of ether oxygens (including phenoxy) is 1. The summed E-state index contributed by atoms with van der Waals surface area (Å²) >= 11 is 12.2. The lowest BCUT2D eigenvalue weighted by Gasteiger charge is -2.23. The maximum Gasteiger partial charge on any atom is 0.326 e. The van der Waals surface area contributed by atoms with Gasteiger partial charge in [0.05, 0.1) is 29.3 Å². The second-order valence-electron chi connectivity index (χ2n) is 8.67. The number of nitrogens with one attached hydrogen (secondary N) is 1. The van der Waals surface area contributed by atoms with Gasteiger partial charge in [0.25, 0.3) is 5.91 Å². The fraction of sp³-hybridized carbons (Fsp3) is 0.133. The van der Waals surface area contributed by atoms with Crippen LogP contribution in [0.5, 0.6) is 5.75 Å². The van der Waals surface area contributed by atoms with Gasteiger partial charge >= 0.3 is 5.97 Å². The highest BCUT2D eigenvalue weighted by Gasteiger charge is 2.22. The first-order chi connectivity index (χ1) is 19.4. The first kappa shape index (κ1) is 28.6. The average Bonchev–Trinajstić information content (AvgIpc) is 2.96. The number of nitrogens with zero attached hydrogens (tertiary/aromatic N) is 3. The fourth-order valence-electron chi connectivity index (χ4n) is 3.89. The minimum absolute atomic E-state index is 0.0400. The monoisotopic (exact) mass is 576 g/mol. The second kappa shape index (κ2) is 13.6. The van der Waals surface area contributed by atoms with E-state index in [-0.39, 0.29) is 22.0 Å². The molecule has 0 saturated carbocycles. The SMILES string of the molecule is COc1ccc(CN(c2ccc(/C=C/CC(NC(=O)c3c(Cl)cccc3Cl)C(=O)O)cc2)c2ncccn2)cc1. The summed E-state index contributed by atoms with van der Waals surface area (Å²) in [5, 5.41) is 12.4. The van der Waals surface area contributed by atoms with Gasteiger partial charge in [0, 0.05) is 18.1 Å². The third-order valence-corrected chi connectivity index (χ3v) is 6.60. The summed E-state index contributed by atoms with van der Waals surface area (Å²) in [6, 6.07) is 20.7. The number of benzene rings is 3. The zero-order valence-electron chi connectivity index (χ0n) is 21.5. The number of aromatic nitrogens is 2. The van der Waals surface area contributed by atoms with Crippen molar-refractivity contribution in [2.45, 2.75) is 19.0 Å². The van der Waals surface area contributed by atoms with Crippen molar-refractivity contribution < 1.29 is 19.4 Å². The number of anilines is 2. The van der Waals surface area contributed by atoms with Gasteiger partial charge in [-0.3, -0.25) is 4.79 Å². The van der Waals surface area contributed by atoms with Crippen LogP contribution in [0.15, 0.2) is 91.3 Å². The molecule has 0 aliphatic heterocycles. The Hall–Kier alpha value is -4.40. The van der Waals surface area contributed by atoms with Crippen molar-refractivity contribution >= 4 is 52.8 Å². The molecule has 1 atom stereocenters. The van der Waals surface area contributed by atoms with E-state index in [1.54, 1.807) is 43.8 Å². The van der Waals surface area contributed by atoms with E-state index in [1.165, 1.54) is 12.1 Å². The van der Waals surface area contributed by atoms with Gasteiger partial charge in [0.15, 0.2) is 0 Å². The zero-order valence-corrected chi connectivity index (χ0v) is 23.0. The third kappa shape index (κ3) is 7.37. The molecule has 2 N–H and O–H groups in total. The molecule has 1 amide bonds. The Morgan fingerprint density at radius 1 is 0.975 bits per heavy atom. The number of carbonyl (C=O) groups excluding carboxylic acids is 1. The number of methoxy groups -OCH3 is 1. The van der Waals surface area contributed by atoms with Crippen molar-refractivity contribution in [3.05, 3.63) is 118 Å². The predicted molar refractivity (Wildman–Crippen MR) is 156 cm³/mol. The van der Waals surface area contributed by atoms with Crippen LogP contribution in [0.4, 0.5) is 11.6 Å². The van der Waals surface area contributed by atoms with Crippen LogP contribution < -0.4 is 15.0 Å². The van der Waals surface area contributed by atoms with Crippen LogP contribution in [-0.4, -0.2) is 40.1 Å². The van der Waals surface area contributed by atoms with Crippen LogP contribution >= 0.6 is 23.2 Å². The molecule has 0 bridgehead atoms. The summed E-state index contributed by atoms with van der Waals surface area (Å²) in [4.78, 5) is 35.2. The van der Waals surface area contributed by atoms with Gasteiger partial charge in [0.1, 0.15) is 11.8 Å². The van der Waals surface area contributed by atoms with Crippen molar-refractivity contribution in [2.75, 3.05) is 12.0 Å². The first-order valence-electron chi connectivity index (χ1n) is 12.3. The number of aliphatic carboxylic acids is 1. The largest absolute Gasteiger partial charge is 0.497 e. The molecule has 4 aromatic rings. The number of carbonyl (C=O) groups is 2. The quantitative estimate of drug-likeness (QED) is 0.212. The number of carboxylic acid groups (broad SMARTS) is 1.